The van der Waals surface area contributed by atoms with Gasteiger partial charge in [-0.05, 0) is 19.1 Å². The van der Waals surface area contributed by atoms with Gasteiger partial charge in [0, 0.05) is 13.3 Å². The van der Waals surface area contributed by atoms with Gasteiger partial charge in [-0.3, -0.25) is 14.4 Å². The SMILES string of the molecule is CCOC(=O)C1=NN(C(C)=O)[C@@]2(CC(=O)N(c3ccccc3)C2=O)C1. The molecular formula is C17H17N3O5. The fraction of sp³-hybridized carbons (Fsp3) is 0.353. The van der Waals surface area contributed by atoms with Crippen molar-refractivity contribution >= 4 is 35.1 Å². The first-order chi connectivity index (χ1) is 11.9. The molecule has 1 saturated heterocycles. The number of hydrogen-bond donors (Lipinski definition) is 0. The molecular weight excluding hydrogens is 326 g/mol. The number of benzene rings is 1. The van der Waals surface area contributed by atoms with Crippen molar-refractivity contribution in [3.63, 3.8) is 0 Å². The third kappa shape index (κ3) is 2.59. The van der Waals surface area contributed by atoms with Crippen molar-refractivity contribution in [1.82, 2.24) is 5.01 Å². The van der Waals surface area contributed by atoms with Crippen molar-refractivity contribution in [3.05, 3.63) is 30.3 Å². The van der Waals surface area contributed by atoms with Crippen molar-refractivity contribution in [2.24, 2.45) is 5.10 Å². The van der Waals surface area contributed by atoms with Gasteiger partial charge in [0.15, 0.2) is 5.54 Å². The molecule has 3 amide bonds. The quantitative estimate of drug-likeness (QED) is 0.599. The Kier molecular flexibility index (Phi) is 4.12. The zero-order valence-electron chi connectivity index (χ0n) is 13.9. The van der Waals surface area contributed by atoms with Gasteiger partial charge in [0.25, 0.3) is 5.91 Å². The van der Waals surface area contributed by atoms with Gasteiger partial charge in [0.2, 0.25) is 11.8 Å². The molecule has 1 aromatic carbocycles. The van der Waals surface area contributed by atoms with Crippen LogP contribution < -0.4 is 4.90 Å². The molecule has 8 nitrogen and oxygen atoms in total. The van der Waals surface area contributed by atoms with Gasteiger partial charge in [0.05, 0.1) is 18.7 Å². The van der Waals surface area contributed by atoms with E-state index in [-0.39, 0.29) is 25.2 Å². The lowest BCUT2D eigenvalue weighted by atomic mass is 9.91. The topological polar surface area (TPSA) is 96.3 Å². The molecule has 0 bridgehead atoms. The number of anilines is 1. The summed E-state index contributed by atoms with van der Waals surface area (Å²) >= 11 is 0. The molecule has 1 aromatic rings. The lowest BCUT2D eigenvalue weighted by Crippen LogP contribution is -2.51. The van der Waals surface area contributed by atoms with Gasteiger partial charge in [-0.15, -0.1) is 0 Å². The van der Waals surface area contributed by atoms with E-state index in [0.29, 0.717) is 5.69 Å². The number of nitrogens with zero attached hydrogens (tertiary/aromatic N) is 3. The second-order valence-electron chi connectivity index (χ2n) is 5.85. The minimum atomic E-state index is -1.50. The minimum absolute atomic E-state index is 0.0342. The number of hydrazone groups is 1. The average Bonchev–Trinajstić information content (AvgIpc) is 3.08. The van der Waals surface area contributed by atoms with E-state index >= 15 is 0 Å². The molecule has 1 atom stereocenters. The molecule has 25 heavy (non-hydrogen) atoms. The Bertz CT molecular complexity index is 789. The van der Waals surface area contributed by atoms with Crippen LogP contribution in [0.25, 0.3) is 0 Å². The van der Waals surface area contributed by atoms with Gasteiger partial charge >= 0.3 is 5.97 Å². The Labute approximate surface area is 144 Å². The van der Waals surface area contributed by atoms with Crippen molar-refractivity contribution < 1.29 is 23.9 Å². The van der Waals surface area contributed by atoms with Crippen molar-refractivity contribution in [2.45, 2.75) is 32.2 Å². The molecule has 0 unspecified atom stereocenters. The van der Waals surface area contributed by atoms with Gasteiger partial charge in [-0.1, -0.05) is 18.2 Å². The number of ether oxygens (including phenoxy) is 1. The summed E-state index contributed by atoms with van der Waals surface area (Å²) in [7, 11) is 0. The van der Waals surface area contributed by atoms with E-state index in [1.165, 1.54) is 6.92 Å². The van der Waals surface area contributed by atoms with E-state index in [9.17, 15) is 19.2 Å². The van der Waals surface area contributed by atoms with E-state index in [1.54, 1.807) is 37.3 Å². The Balaban J connectivity index is 1.98. The maximum Gasteiger partial charge on any atom is 0.354 e. The number of carbonyl (C=O) groups excluding carboxylic acids is 4. The molecule has 0 aromatic heterocycles. The Morgan fingerprint density at radius 3 is 2.48 bits per heavy atom. The van der Waals surface area contributed by atoms with Crippen molar-refractivity contribution in [2.75, 3.05) is 11.5 Å². The lowest BCUT2D eigenvalue weighted by Gasteiger charge is -2.28. The standard InChI is InChI=1S/C17H17N3O5/c1-3-25-15(23)13-9-17(20(18-13)11(2)21)10-14(22)19(16(17)24)12-7-5-4-6-8-12/h4-8H,3,9-10H2,1-2H3/t17-/m1/s1. The Morgan fingerprint density at radius 2 is 1.88 bits per heavy atom. The normalized spacial score (nSPS) is 22.6. The van der Waals surface area contributed by atoms with Crippen LogP contribution in [-0.2, 0) is 23.9 Å². The van der Waals surface area contributed by atoms with Crippen LogP contribution in [0, 0.1) is 0 Å². The molecule has 0 aliphatic carbocycles. The Morgan fingerprint density at radius 1 is 1.20 bits per heavy atom. The van der Waals surface area contributed by atoms with Crippen LogP contribution in [0.15, 0.2) is 35.4 Å². The number of amides is 3. The molecule has 2 aliphatic heterocycles. The number of hydrogen-bond acceptors (Lipinski definition) is 6. The maximum absolute atomic E-state index is 13.1. The second kappa shape index (κ2) is 6.12. The van der Waals surface area contributed by atoms with E-state index in [0.717, 1.165) is 9.91 Å². The summed E-state index contributed by atoms with van der Waals surface area (Å²) in [5, 5.41) is 4.93. The molecule has 2 aliphatic rings. The first kappa shape index (κ1) is 16.8. The summed E-state index contributed by atoms with van der Waals surface area (Å²) in [5.74, 6) is -2.22. The monoisotopic (exact) mass is 343 g/mol. The smallest absolute Gasteiger partial charge is 0.354 e. The fourth-order valence-corrected chi connectivity index (χ4v) is 3.17. The highest BCUT2D eigenvalue weighted by molar-refractivity contribution is 6.39. The predicted octanol–water partition coefficient (Wildman–Crippen LogP) is 0.860. The first-order valence-electron chi connectivity index (χ1n) is 7.88. The number of para-hydroxylation sites is 1. The molecule has 8 heteroatoms. The zero-order valence-corrected chi connectivity index (χ0v) is 13.9. The van der Waals surface area contributed by atoms with Crippen molar-refractivity contribution in [1.29, 1.82) is 0 Å². The number of rotatable bonds is 3. The summed E-state index contributed by atoms with van der Waals surface area (Å²) < 4.78 is 4.91. The van der Waals surface area contributed by atoms with Gasteiger partial charge in [-0.2, -0.15) is 5.10 Å². The molecule has 0 radical (unpaired) electrons. The molecule has 130 valence electrons. The fourth-order valence-electron chi connectivity index (χ4n) is 3.17. The number of imide groups is 1. The van der Waals surface area contributed by atoms with Crippen molar-refractivity contribution in [3.8, 4) is 0 Å². The summed E-state index contributed by atoms with van der Waals surface area (Å²) in [6.45, 7) is 3.03. The van der Waals surface area contributed by atoms with E-state index in [4.69, 9.17) is 4.74 Å². The number of carbonyl (C=O) groups is 4. The first-order valence-corrected chi connectivity index (χ1v) is 7.88. The van der Waals surface area contributed by atoms with Crippen LogP contribution >= 0.6 is 0 Å². The minimum Gasteiger partial charge on any atom is -0.461 e. The number of esters is 1. The molecule has 1 fully saturated rings. The summed E-state index contributed by atoms with van der Waals surface area (Å²) in [4.78, 5) is 50.6. The highest BCUT2D eigenvalue weighted by atomic mass is 16.5. The van der Waals surface area contributed by atoms with Crippen LogP contribution in [0.2, 0.25) is 0 Å². The lowest BCUT2D eigenvalue weighted by molar-refractivity contribution is -0.141. The average molecular weight is 343 g/mol. The van der Waals surface area contributed by atoms with Gasteiger partial charge < -0.3 is 4.74 Å². The van der Waals surface area contributed by atoms with Crippen LogP contribution in [0.3, 0.4) is 0 Å². The third-order valence-corrected chi connectivity index (χ3v) is 4.20. The highest BCUT2D eigenvalue weighted by Gasteiger charge is 2.61. The van der Waals surface area contributed by atoms with Gasteiger partial charge in [0.1, 0.15) is 5.71 Å². The Hall–Kier alpha value is -3.03. The molecule has 3 rings (SSSR count). The maximum atomic E-state index is 13.1. The molecule has 0 N–H and O–H groups in total. The van der Waals surface area contributed by atoms with Crippen LogP contribution in [-0.4, -0.2) is 46.6 Å². The molecule has 2 heterocycles. The van der Waals surface area contributed by atoms with Crippen LogP contribution in [0.5, 0.6) is 0 Å². The van der Waals surface area contributed by atoms with E-state index < -0.39 is 29.2 Å². The van der Waals surface area contributed by atoms with E-state index in [1.807, 2.05) is 0 Å². The predicted molar refractivity (Wildman–Crippen MR) is 87.5 cm³/mol. The van der Waals surface area contributed by atoms with Crippen LogP contribution in [0.1, 0.15) is 26.7 Å². The second-order valence-corrected chi connectivity index (χ2v) is 5.85. The molecule has 1 spiro atoms. The van der Waals surface area contributed by atoms with Crippen LogP contribution in [0.4, 0.5) is 5.69 Å². The largest absolute Gasteiger partial charge is 0.461 e. The molecule has 0 saturated carbocycles. The summed E-state index contributed by atoms with van der Waals surface area (Å²) in [6.07, 6.45) is -0.369. The summed E-state index contributed by atoms with van der Waals surface area (Å²) in [5.41, 5.74) is -1.11. The summed E-state index contributed by atoms with van der Waals surface area (Å²) in [6, 6.07) is 8.45. The van der Waals surface area contributed by atoms with Gasteiger partial charge in [-0.25, -0.2) is 14.7 Å². The third-order valence-electron chi connectivity index (χ3n) is 4.20. The zero-order chi connectivity index (χ0) is 18.2. The van der Waals surface area contributed by atoms with E-state index in [2.05, 4.69) is 5.10 Å². The highest BCUT2D eigenvalue weighted by Crippen LogP contribution is 2.40.